The van der Waals surface area contributed by atoms with Crippen molar-refractivity contribution in [3.8, 4) is 5.69 Å². The van der Waals surface area contributed by atoms with Crippen LogP contribution >= 0.6 is 23.2 Å². The first-order valence-corrected chi connectivity index (χ1v) is 10.1. The van der Waals surface area contributed by atoms with Gasteiger partial charge in [0.25, 0.3) is 5.56 Å². The van der Waals surface area contributed by atoms with Gasteiger partial charge in [0.15, 0.2) is 0 Å². The highest BCUT2D eigenvalue weighted by atomic mass is 35.5. The summed E-state index contributed by atoms with van der Waals surface area (Å²) in [7, 11) is -3.56. The fraction of sp³-hybridized carbons (Fsp3) is 0.375. The van der Waals surface area contributed by atoms with Crippen molar-refractivity contribution in [3.63, 3.8) is 0 Å². The van der Waals surface area contributed by atoms with E-state index in [9.17, 15) is 13.2 Å². The highest BCUT2D eigenvalue weighted by molar-refractivity contribution is 7.89. The minimum atomic E-state index is -3.56. The molecule has 0 amide bonds. The van der Waals surface area contributed by atoms with Gasteiger partial charge >= 0.3 is 0 Å². The Balaban J connectivity index is 1.95. The predicted molar refractivity (Wildman–Crippen MR) is 97.1 cm³/mol. The van der Waals surface area contributed by atoms with E-state index in [0.29, 0.717) is 12.2 Å². The lowest BCUT2D eigenvalue weighted by Crippen LogP contribution is -2.41. The topological polar surface area (TPSA) is 72.3 Å². The standard InChI is InChI=1S/C16H17Cl2N3O3S/c1-11-4-2-3-9-20(11)25(23,24)13-7-5-12(6-8-13)21-16(22)15(18)14(17)10-19-21/h5-8,10-11H,2-4,9H2,1H3/t11-/m0/s1. The maximum absolute atomic E-state index is 12.8. The first-order chi connectivity index (χ1) is 11.8. The molecule has 0 bridgehead atoms. The number of benzene rings is 1. The van der Waals surface area contributed by atoms with Crippen LogP contribution in [0.4, 0.5) is 0 Å². The molecule has 0 radical (unpaired) electrons. The fourth-order valence-corrected chi connectivity index (χ4v) is 4.87. The molecular weight excluding hydrogens is 385 g/mol. The van der Waals surface area contributed by atoms with Crippen molar-refractivity contribution in [1.29, 1.82) is 0 Å². The molecule has 6 nitrogen and oxygen atoms in total. The number of hydrogen-bond acceptors (Lipinski definition) is 4. The van der Waals surface area contributed by atoms with Gasteiger partial charge in [0, 0.05) is 12.6 Å². The van der Waals surface area contributed by atoms with Crippen molar-refractivity contribution in [1.82, 2.24) is 14.1 Å². The van der Waals surface area contributed by atoms with E-state index in [-0.39, 0.29) is 21.0 Å². The second-order valence-electron chi connectivity index (χ2n) is 5.98. The third-order valence-corrected chi connectivity index (χ3v) is 7.08. The smallest absolute Gasteiger partial charge is 0.266 e. The number of nitrogens with zero attached hydrogens (tertiary/aromatic N) is 3. The minimum Gasteiger partial charge on any atom is -0.266 e. The monoisotopic (exact) mass is 401 g/mol. The van der Waals surface area contributed by atoms with E-state index in [1.807, 2.05) is 6.92 Å². The molecule has 3 rings (SSSR count). The van der Waals surface area contributed by atoms with Crippen LogP contribution in [0.3, 0.4) is 0 Å². The second kappa shape index (κ2) is 7.07. The largest absolute Gasteiger partial charge is 0.291 e. The van der Waals surface area contributed by atoms with Crippen molar-refractivity contribution in [3.05, 3.63) is 50.9 Å². The molecule has 0 unspecified atom stereocenters. The number of sulfonamides is 1. The molecule has 2 aromatic rings. The maximum atomic E-state index is 12.8. The van der Waals surface area contributed by atoms with E-state index < -0.39 is 15.6 Å². The van der Waals surface area contributed by atoms with E-state index in [1.165, 1.54) is 34.8 Å². The summed E-state index contributed by atoms with van der Waals surface area (Å²) >= 11 is 11.6. The van der Waals surface area contributed by atoms with Gasteiger partial charge in [-0.25, -0.2) is 8.42 Å². The van der Waals surface area contributed by atoms with Crippen molar-refractivity contribution in [2.75, 3.05) is 6.54 Å². The lowest BCUT2D eigenvalue weighted by atomic mass is 10.1. The number of rotatable bonds is 3. The molecule has 0 aliphatic carbocycles. The fourth-order valence-electron chi connectivity index (χ4n) is 2.92. The van der Waals surface area contributed by atoms with Gasteiger partial charge in [-0.3, -0.25) is 4.79 Å². The van der Waals surface area contributed by atoms with Crippen LogP contribution in [0.15, 0.2) is 40.2 Å². The predicted octanol–water partition coefficient (Wildman–Crippen LogP) is 3.10. The molecule has 1 saturated heterocycles. The van der Waals surface area contributed by atoms with Crippen LogP contribution in [0.25, 0.3) is 5.69 Å². The summed E-state index contributed by atoms with van der Waals surface area (Å²) in [5.41, 5.74) is -0.149. The van der Waals surface area contributed by atoms with Crippen LogP contribution in [0.2, 0.25) is 10.0 Å². The highest BCUT2D eigenvalue weighted by Crippen LogP contribution is 2.25. The van der Waals surface area contributed by atoms with E-state index >= 15 is 0 Å². The van der Waals surface area contributed by atoms with Crippen LogP contribution < -0.4 is 5.56 Å². The van der Waals surface area contributed by atoms with E-state index in [2.05, 4.69) is 5.10 Å². The van der Waals surface area contributed by atoms with Crippen LogP contribution in [-0.2, 0) is 10.0 Å². The van der Waals surface area contributed by atoms with Gasteiger partial charge < -0.3 is 0 Å². The van der Waals surface area contributed by atoms with E-state index in [1.54, 1.807) is 0 Å². The summed E-state index contributed by atoms with van der Waals surface area (Å²) in [6.07, 6.45) is 4.04. The Morgan fingerprint density at radius 2 is 1.84 bits per heavy atom. The molecule has 0 spiro atoms. The van der Waals surface area contributed by atoms with Gasteiger partial charge in [0.2, 0.25) is 10.0 Å². The van der Waals surface area contributed by atoms with Crippen LogP contribution in [0, 0.1) is 0 Å². The van der Waals surface area contributed by atoms with Crippen molar-refractivity contribution in [2.45, 2.75) is 37.1 Å². The van der Waals surface area contributed by atoms with E-state index in [4.69, 9.17) is 23.2 Å². The van der Waals surface area contributed by atoms with E-state index in [0.717, 1.165) is 23.9 Å². The zero-order chi connectivity index (χ0) is 18.2. The average Bonchev–Trinajstić information content (AvgIpc) is 2.60. The van der Waals surface area contributed by atoms with Crippen LogP contribution in [0.1, 0.15) is 26.2 Å². The number of hydrogen-bond donors (Lipinski definition) is 0. The maximum Gasteiger partial charge on any atom is 0.291 e. The molecule has 2 heterocycles. The minimum absolute atomic E-state index is 0.0159. The highest BCUT2D eigenvalue weighted by Gasteiger charge is 2.30. The molecule has 9 heteroatoms. The molecule has 134 valence electrons. The zero-order valence-electron chi connectivity index (χ0n) is 13.5. The molecule has 1 aromatic carbocycles. The molecular formula is C16H17Cl2N3O3S. The molecule has 1 aliphatic heterocycles. The molecule has 1 aliphatic rings. The van der Waals surface area contributed by atoms with Crippen LogP contribution in [-0.4, -0.2) is 35.1 Å². The first-order valence-electron chi connectivity index (χ1n) is 7.88. The lowest BCUT2D eigenvalue weighted by Gasteiger charge is -2.32. The summed E-state index contributed by atoms with van der Waals surface area (Å²) in [4.78, 5) is 12.3. The summed E-state index contributed by atoms with van der Waals surface area (Å²) in [6, 6.07) is 5.99. The summed E-state index contributed by atoms with van der Waals surface area (Å²) < 4.78 is 28.2. The number of aromatic nitrogens is 2. The van der Waals surface area contributed by atoms with Crippen molar-refractivity contribution >= 4 is 33.2 Å². The first kappa shape index (κ1) is 18.4. The molecule has 1 fully saturated rings. The van der Waals surface area contributed by atoms with Gasteiger partial charge in [0.05, 0.1) is 21.8 Å². The summed E-state index contributed by atoms with van der Waals surface area (Å²) in [6.45, 7) is 2.45. The zero-order valence-corrected chi connectivity index (χ0v) is 15.9. The Labute approximate surface area is 156 Å². The Kier molecular flexibility index (Phi) is 5.20. The lowest BCUT2D eigenvalue weighted by molar-refractivity contribution is 0.268. The average molecular weight is 402 g/mol. The van der Waals surface area contributed by atoms with Crippen molar-refractivity contribution < 1.29 is 8.42 Å². The Bertz CT molecular complexity index is 942. The van der Waals surface area contributed by atoms with Gasteiger partial charge in [0.1, 0.15) is 5.02 Å². The Morgan fingerprint density at radius 3 is 2.48 bits per heavy atom. The van der Waals surface area contributed by atoms with Gasteiger partial charge in [-0.05, 0) is 44.0 Å². The molecule has 1 aromatic heterocycles. The third-order valence-electron chi connectivity index (χ3n) is 4.31. The third kappa shape index (κ3) is 3.46. The van der Waals surface area contributed by atoms with Crippen LogP contribution in [0.5, 0.6) is 0 Å². The van der Waals surface area contributed by atoms with Gasteiger partial charge in [-0.2, -0.15) is 14.1 Å². The normalized spacial score (nSPS) is 19.1. The molecule has 0 saturated carbocycles. The summed E-state index contributed by atoms with van der Waals surface area (Å²) in [5, 5.41) is 3.87. The number of halogens is 2. The molecule has 25 heavy (non-hydrogen) atoms. The Hall–Kier alpha value is -1.41. The van der Waals surface area contributed by atoms with Crippen molar-refractivity contribution in [2.24, 2.45) is 0 Å². The molecule has 0 N–H and O–H groups in total. The quantitative estimate of drug-likeness (QED) is 0.791. The Morgan fingerprint density at radius 1 is 1.16 bits per heavy atom. The molecule has 1 atom stereocenters. The second-order valence-corrected chi connectivity index (χ2v) is 8.65. The summed E-state index contributed by atoms with van der Waals surface area (Å²) in [5.74, 6) is 0. The SMILES string of the molecule is C[C@H]1CCCCN1S(=O)(=O)c1ccc(-n2ncc(Cl)c(Cl)c2=O)cc1. The number of piperidine rings is 1. The van der Waals surface area contributed by atoms with Gasteiger partial charge in [-0.15, -0.1) is 0 Å². The van der Waals surface area contributed by atoms with Gasteiger partial charge in [-0.1, -0.05) is 29.6 Å².